The van der Waals surface area contributed by atoms with E-state index in [4.69, 9.17) is 6.42 Å². The summed E-state index contributed by atoms with van der Waals surface area (Å²) in [5.74, 6) is 5.59. The van der Waals surface area contributed by atoms with Gasteiger partial charge >= 0.3 is 0 Å². The maximum absolute atomic E-state index is 7.06. The summed E-state index contributed by atoms with van der Waals surface area (Å²) >= 11 is 0. The van der Waals surface area contributed by atoms with Crippen molar-refractivity contribution in [3.05, 3.63) is 35.9 Å². The first kappa shape index (κ1) is 29.8. The average Bonchev–Trinajstić information content (AvgIpc) is 2.94. The molecule has 1 aromatic rings. The number of terminal acetylenes is 1. The normalized spacial score (nSPS) is 32.9. The Bertz CT molecular complexity index is 880. The fraction of sp³-hybridized carbons (Fsp3) is 0.789. The molecule has 0 nitrogen and oxygen atoms in total. The van der Waals surface area contributed by atoms with Crippen molar-refractivity contribution in [1.29, 1.82) is 0 Å². The number of rotatable bonds is 17. The Kier molecular flexibility index (Phi) is 10.2. The molecule has 0 heteroatoms. The van der Waals surface area contributed by atoms with Gasteiger partial charge in [0.15, 0.2) is 0 Å². The maximum Gasteiger partial charge on any atom is 0.0470 e. The highest BCUT2D eigenvalue weighted by Crippen LogP contribution is 2.83. The van der Waals surface area contributed by atoms with E-state index in [0.29, 0.717) is 10.8 Å². The van der Waals surface area contributed by atoms with Crippen LogP contribution in [0.2, 0.25) is 0 Å². The van der Waals surface area contributed by atoms with Crippen LogP contribution in [0.15, 0.2) is 30.3 Å². The van der Waals surface area contributed by atoms with Crippen LogP contribution >= 0.6 is 0 Å². The summed E-state index contributed by atoms with van der Waals surface area (Å²) in [7, 11) is 0. The molecular weight excluding hydrogens is 456 g/mol. The van der Waals surface area contributed by atoms with Crippen LogP contribution in [0, 0.1) is 40.4 Å². The van der Waals surface area contributed by atoms with Crippen molar-refractivity contribution in [1.82, 2.24) is 0 Å². The van der Waals surface area contributed by atoms with Crippen molar-refractivity contribution in [2.24, 2.45) is 28.1 Å². The predicted molar refractivity (Wildman–Crippen MR) is 166 cm³/mol. The summed E-state index contributed by atoms with van der Waals surface area (Å²) in [4.78, 5) is 0. The van der Waals surface area contributed by atoms with Gasteiger partial charge in [0.25, 0.3) is 0 Å². The average molecular weight is 517 g/mol. The first-order valence-electron chi connectivity index (χ1n) is 17.1. The lowest BCUT2D eigenvalue weighted by Crippen LogP contribution is -2.74. The lowest BCUT2D eigenvalue weighted by atomic mass is 9.24. The zero-order valence-electron chi connectivity index (χ0n) is 25.8. The van der Waals surface area contributed by atoms with Crippen molar-refractivity contribution in [2.45, 2.75) is 162 Å². The van der Waals surface area contributed by atoms with Gasteiger partial charge in [-0.05, 0) is 79.6 Å². The lowest BCUT2D eigenvalue weighted by molar-refractivity contribution is -0.271. The van der Waals surface area contributed by atoms with E-state index in [1.807, 2.05) is 0 Å². The molecule has 0 aliphatic heterocycles. The second-order valence-electron chi connectivity index (χ2n) is 14.0. The van der Waals surface area contributed by atoms with Gasteiger partial charge in [-0.1, -0.05) is 141 Å². The Hall–Kier alpha value is -1.22. The lowest BCUT2D eigenvalue weighted by Gasteiger charge is -2.79. The van der Waals surface area contributed by atoms with Crippen molar-refractivity contribution >= 4 is 0 Å². The highest BCUT2D eigenvalue weighted by Gasteiger charge is 2.78. The SMILES string of the molecule is C#CC1(CCCCC)C2(c3ccccc3)CC3CC(C2)C(CCCCC)(CCCCC)C1(CCCCC)C3. The predicted octanol–water partition coefficient (Wildman–Crippen LogP) is 11.7. The molecule has 4 aliphatic rings. The Balaban J connectivity index is 1.95. The molecule has 4 saturated carbocycles. The second kappa shape index (κ2) is 13.0. The van der Waals surface area contributed by atoms with Crippen LogP contribution in [-0.2, 0) is 5.41 Å². The summed E-state index contributed by atoms with van der Waals surface area (Å²) in [6, 6.07) is 11.8. The van der Waals surface area contributed by atoms with Crippen LogP contribution in [-0.4, -0.2) is 0 Å². The van der Waals surface area contributed by atoms with Gasteiger partial charge < -0.3 is 0 Å². The van der Waals surface area contributed by atoms with E-state index >= 15 is 0 Å². The van der Waals surface area contributed by atoms with Crippen LogP contribution in [0.1, 0.15) is 162 Å². The third kappa shape index (κ3) is 4.71. The van der Waals surface area contributed by atoms with Gasteiger partial charge in [-0.2, -0.15) is 0 Å². The third-order valence-electron chi connectivity index (χ3n) is 12.2. The number of benzene rings is 1. The highest BCUT2D eigenvalue weighted by atomic mass is 14.8. The summed E-state index contributed by atoms with van der Waals surface area (Å²) in [6.07, 6.45) is 34.4. The van der Waals surface area contributed by atoms with Gasteiger partial charge in [0, 0.05) is 10.8 Å². The number of hydrogen-bond acceptors (Lipinski definition) is 0. The van der Waals surface area contributed by atoms with Gasteiger partial charge in [-0.15, -0.1) is 6.42 Å². The standard InChI is InChI=1S/C38H60/c1-6-11-18-24-35(25-19-12-7-2)34-28-32-29-36(31-34,33-22-16-15-17-23-33)37(10-5,26-20-13-8-3)38(35,30-32)27-21-14-9-4/h5,15-17,22-23,32,34H,6-9,11-14,18-21,24-31H2,1-4H3. The number of unbranched alkanes of at least 4 members (excludes halogenated alkanes) is 8. The van der Waals surface area contributed by atoms with Crippen molar-refractivity contribution in [3.8, 4) is 12.3 Å². The molecule has 5 atom stereocenters. The van der Waals surface area contributed by atoms with E-state index < -0.39 is 0 Å². The zero-order chi connectivity index (χ0) is 27.1. The molecule has 5 unspecified atom stereocenters. The molecule has 38 heavy (non-hydrogen) atoms. The van der Waals surface area contributed by atoms with Gasteiger partial charge in [0.05, 0.1) is 0 Å². The van der Waals surface area contributed by atoms with Crippen LogP contribution < -0.4 is 0 Å². The molecule has 1 aromatic carbocycles. The molecule has 5 rings (SSSR count). The molecule has 4 aliphatic carbocycles. The van der Waals surface area contributed by atoms with Gasteiger partial charge in [0.2, 0.25) is 0 Å². The second-order valence-corrected chi connectivity index (χ2v) is 14.0. The molecule has 0 spiro atoms. The first-order valence-corrected chi connectivity index (χ1v) is 17.1. The van der Waals surface area contributed by atoms with E-state index in [9.17, 15) is 0 Å². The van der Waals surface area contributed by atoms with E-state index in [1.54, 1.807) is 5.56 Å². The summed E-state index contributed by atoms with van der Waals surface area (Å²) in [6.45, 7) is 9.52. The van der Waals surface area contributed by atoms with Gasteiger partial charge in [-0.25, -0.2) is 0 Å². The van der Waals surface area contributed by atoms with E-state index in [0.717, 1.165) is 11.8 Å². The zero-order valence-corrected chi connectivity index (χ0v) is 25.8. The Morgan fingerprint density at radius 3 is 1.79 bits per heavy atom. The Morgan fingerprint density at radius 1 is 0.684 bits per heavy atom. The molecular formula is C38H60. The first-order chi connectivity index (χ1) is 18.5. The van der Waals surface area contributed by atoms with Crippen LogP contribution in [0.5, 0.6) is 0 Å². The van der Waals surface area contributed by atoms with Gasteiger partial charge in [-0.3, -0.25) is 0 Å². The monoisotopic (exact) mass is 516 g/mol. The molecule has 0 N–H and O–H groups in total. The summed E-state index contributed by atoms with van der Waals surface area (Å²) < 4.78 is 0. The van der Waals surface area contributed by atoms with Crippen molar-refractivity contribution in [3.63, 3.8) is 0 Å². The van der Waals surface area contributed by atoms with Crippen LogP contribution in [0.3, 0.4) is 0 Å². The summed E-state index contributed by atoms with van der Waals surface area (Å²) in [5.41, 5.74) is 2.52. The molecule has 4 fully saturated rings. The van der Waals surface area contributed by atoms with E-state index in [-0.39, 0.29) is 10.8 Å². The van der Waals surface area contributed by atoms with Gasteiger partial charge in [0.1, 0.15) is 0 Å². The maximum atomic E-state index is 7.06. The molecule has 0 saturated heterocycles. The fourth-order valence-electron chi connectivity index (χ4n) is 11.0. The molecule has 0 aromatic heterocycles. The van der Waals surface area contributed by atoms with Crippen molar-refractivity contribution in [2.75, 3.05) is 0 Å². The quantitative estimate of drug-likeness (QED) is 0.143. The highest BCUT2D eigenvalue weighted by molar-refractivity contribution is 5.43. The third-order valence-corrected chi connectivity index (χ3v) is 12.2. The minimum absolute atomic E-state index is 0.00386. The van der Waals surface area contributed by atoms with Crippen molar-refractivity contribution < 1.29 is 0 Å². The molecule has 212 valence electrons. The van der Waals surface area contributed by atoms with Crippen LogP contribution in [0.25, 0.3) is 0 Å². The topological polar surface area (TPSA) is 0 Å². The Morgan fingerprint density at radius 2 is 1.24 bits per heavy atom. The summed E-state index contributed by atoms with van der Waals surface area (Å²) in [5, 5.41) is 0. The largest absolute Gasteiger partial charge is 0.119 e. The molecule has 4 bridgehead atoms. The van der Waals surface area contributed by atoms with Crippen LogP contribution in [0.4, 0.5) is 0 Å². The molecule has 0 heterocycles. The Labute approximate surface area is 237 Å². The van der Waals surface area contributed by atoms with E-state index in [1.165, 1.54) is 128 Å². The van der Waals surface area contributed by atoms with E-state index in [2.05, 4.69) is 63.9 Å². The fourth-order valence-corrected chi connectivity index (χ4v) is 11.0. The minimum Gasteiger partial charge on any atom is -0.119 e. The smallest absolute Gasteiger partial charge is 0.0470 e. The molecule has 0 amide bonds. The molecule has 0 radical (unpaired) electrons. The minimum atomic E-state index is -0.00386. The number of hydrogen-bond donors (Lipinski definition) is 0.